The van der Waals surface area contributed by atoms with Gasteiger partial charge in [-0.2, -0.15) is 0 Å². The summed E-state index contributed by atoms with van der Waals surface area (Å²) in [5.41, 5.74) is 2.32. The van der Waals surface area contributed by atoms with Crippen molar-refractivity contribution in [2.45, 2.75) is 13.0 Å². The van der Waals surface area contributed by atoms with Crippen molar-refractivity contribution in [3.63, 3.8) is 0 Å². The minimum Gasteiger partial charge on any atom is -0.461 e. The normalized spacial score (nSPS) is 9.83. The number of ether oxygens (including phenoxy) is 1. The summed E-state index contributed by atoms with van der Waals surface area (Å²) in [4.78, 5) is 33.4. The van der Waals surface area contributed by atoms with E-state index in [2.05, 4.69) is 10.6 Å². The van der Waals surface area contributed by atoms with Crippen molar-refractivity contribution in [2.24, 2.45) is 0 Å². The summed E-state index contributed by atoms with van der Waals surface area (Å²) in [6, 6.07) is 16.3. The molecule has 0 atom stereocenters. The average molecular weight is 326 g/mol. The van der Waals surface area contributed by atoms with E-state index in [0.717, 1.165) is 11.1 Å². The molecule has 2 N–H and O–H groups in total. The maximum absolute atomic E-state index is 11.8. The van der Waals surface area contributed by atoms with Gasteiger partial charge in [0.1, 0.15) is 6.61 Å². The van der Waals surface area contributed by atoms with E-state index in [0.29, 0.717) is 12.1 Å². The second kappa shape index (κ2) is 9.09. The largest absolute Gasteiger partial charge is 0.461 e. The molecule has 0 unspecified atom stereocenters. The van der Waals surface area contributed by atoms with Crippen LogP contribution in [0.5, 0.6) is 0 Å². The van der Waals surface area contributed by atoms with Crippen LogP contribution in [0.2, 0.25) is 0 Å². The molecule has 6 nitrogen and oxygen atoms in total. The number of carbonyl (C=O) groups excluding carboxylic acids is 3. The van der Waals surface area contributed by atoms with Crippen molar-refractivity contribution in [1.82, 2.24) is 5.32 Å². The van der Waals surface area contributed by atoms with Crippen LogP contribution in [-0.4, -0.2) is 24.8 Å². The Kier molecular flexibility index (Phi) is 6.52. The number of carbonyl (C=O) groups is 3. The lowest BCUT2D eigenvalue weighted by Gasteiger charge is -2.07. The van der Waals surface area contributed by atoms with Gasteiger partial charge in [0.25, 0.3) is 0 Å². The molecule has 2 amide bonds. The lowest BCUT2D eigenvalue weighted by molar-refractivity contribution is -0.144. The van der Waals surface area contributed by atoms with Gasteiger partial charge in [-0.05, 0) is 23.3 Å². The highest BCUT2D eigenvalue weighted by Gasteiger charge is 2.06. The topological polar surface area (TPSA) is 84.5 Å². The number of nitrogens with one attached hydrogen (secondary N) is 2. The maximum Gasteiger partial charge on any atom is 0.310 e. The van der Waals surface area contributed by atoms with E-state index < -0.39 is 0 Å². The number of amides is 2. The molecule has 0 spiro atoms. The van der Waals surface area contributed by atoms with Gasteiger partial charge in [-0.3, -0.25) is 14.4 Å². The Labute approximate surface area is 139 Å². The zero-order chi connectivity index (χ0) is 17.2. The Balaban J connectivity index is 1.79. The Morgan fingerprint density at radius 2 is 1.67 bits per heavy atom. The quantitative estimate of drug-likeness (QED) is 0.571. The first-order chi connectivity index (χ1) is 11.7. The molecule has 0 saturated heterocycles. The number of esters is 1. The number of benzene rings is 2. The predicted octanol–water partition coefficient (Wildman–Crippen LogP) is 1.66. The Morgan fingerprint density at radius 1 is 0.958 bits per heavy atom. The second-order valence-corrected chi connectivity index (χ2v) is 5.07. The third kappa shape index (κ3) is 5.92. The minimum atomic E-state index is -0.322. The van der Waals surface area contributed by atoms with Crippen LogP contribution in [0.15, 0.2) is 54.6 Å². The van der Waals surface area contributed by atoms with E-state index in [9.17, 15) is 14.4 Å². The van der Waals surface area contributed by atoms with Gasteiger partial charge in [0.05, 0.1) is 13.0 Å². The molecule has 0 aliphatic heterocycles. The summed E-state index contributed by atoms with van der Waals surface area (Å²) in [5.74, 6) is -0.636. The summed E-state index contributed by atoms with van der Waals surface area (Å²) < 4.78 is 5.22. The Bertz CT molecular complexity index is 684. The molecule has 2 aromatic carbocycles. The van der Waals surface area contributed by atoms with E-state index in [1.165, 1.54) is 0 Å². The molecule has 0 bridgehead atoms. The van der Waals surface area contributed by atoms with E-state index in [1.54, 1.807) is 24.3 Å². The molecule has 0 aliphatic rings. The summed E-state index contributed by atoms with van der Waals surface area (Å²) in [6.45, 7) is 0.161. The molecule has 24 heavy (non-hydrogen) atoms. The van der Waals surface area contributed by atoms with Crippen molar-refractivity contribution in [2.75, 3.05) is 11.9 Å². The third-order valence-electron chi connectivity index (χ3n) is 3.17. The number of anilines is 1. The molecule has 0 saturated carbocycles. The van der Waals surface area contributed by atoms with Crippen LogP contribution in [0.1, 0.15) is 11.1 Å². The molecule has 0 fully saturated rings. The van der Waals surface area contributed by atoms with Crippen molar-refractivity contribution >= 4 is 24.0 Å². The maximum atomic E-state index is 11.8. The molecule has 2 rings (SSSR count). The van der Waals surface area contributed by atoms with Crippen LogP contribution in [-0.2, 0) is 32.1 Å². The van der Waals surface area contributed by atoms with Gasteiger partial charge in [0.2, 0.25) is 12.3 Å². The standard InChI is InChI=1S/C18H18N2O4/c21-13-19-11-17(22)20-16-8-6-14(7-9-16)10-18(23)24-12-15-4-2-1-3-5-15/h1-9,13H,10-12H2,(H,19,21)(H,20,22). The molecule has 0 aliphatic carbocycles. The summed E-state index contributed by atoms with van der Waals surface area (Å²) >= 11 is 0. The third-order valence-corrected chi connectivity index (χ3v) is 3.17. The zero-order valence-corrected chi connectivity index (χ0v) is 13.0. The van der Waals surface area contributed by atoms with E-state index in [1.807, 2.05) is 30.3 Å². The molecule has 2 aromatic rings. The Hall–Kier alpha value is -3.15. The summed E-state index contributed by atoms with van der Waals surface area (Å²) in [7, 11) is 0. The smallest absolute Gasteiger partial charge is 0.310 e. The van der Waals surface area contributed by atoms with Crippen LogP contribution in [0.3, 0.4) is 0 Å². The number of rotatable bonds is 8. The highest BCUT2D eigenvalue weighted by molar-refractivity contribution is 5.93. The molecule has 0 radical (unpaired) electrons. The van der Waals surface area contributed by atoms with Gasteiger partial charge >= 0.3 is 5.97 Å². The zero-order valence-electron chi connectivity index (χ0n) is 13.0. The first kappa shape index (κ1) is 17.2. The van der Waals surface area contributed by atoms with Crippen LogP contribution in [0.4, 0.5) is 5.69 Å². The first-order valence-electron chi connectivity index (χ1n) is 7.43. The summed E-state index contributed by atoms with van der Waals surface area (Å²) in [5, 5.41) is 4.91. The van der Waals surface area contributed by atoms with Gasteiger partial charge in [0, 0.05) is 5.69 Å². The van der Waals surface area contributed by atoms with Crippen molar-refractivity contribution in [1.29, 1.82) is 0 Å². The fraction of sp³-hybridized carbons (Fsp3) is 0.167. The van der Waals surface area contributed by atoms with Crippen molar-refractivity contribution in [3.05, 3.63) is 65.7 Å². The van der Waals surface area contributed by atoms with Crippen molar-refractivity contribution in [3.8, 4) is 0 Å². The van der Waals surface area contributed by atoms with Crippen LogP contribution >= 0.6 is 0 Å². The lowest BCUT2D eigenvalue weighted by atomic mass is 10.1. The minimum absolute atomic E-state index is 0.0862. The lowest BCUT2D eigenvalue weighted by Crippen LogP contribution is -2.26. The van der Waals surface area contributed by atoms with Gasteiger partial charge in [0.15, 0.2) is 0 Å². The Morgan fingerprint density at radius 3 is 2.33 bits per heavy atom. The molecule has 6 heteroatoms. The highest BCUT2D eigenvalue weighted by atomic mass is 16.5. The molecular weight excluding hydrogens is 308 g/mol. The fourth-order valence-corrected chi connectivity index (χ4v) is 2.00. The first-order valence-corrected chi connectivity index (χ1v) is 7.43. The van der Waals surface area contributed by atoms with Gasteiger partial charge in [-0.15, -0.1) is 0 Å². The highest BCUT2D eigenvalue weighted by Crippen LogP contribution is 2.11. The molecule has 0 aromatic heterocycles. The monoisotopic (exact) mass is 326 g/mol. The van der Waals surface area contributed by atoms with Gasteiger partial charge in [-0.1, -0.05) is 42.5 Å². The predicted molar refractivity (Wildman–Crippen MR) is 89.1 cm³/mol. The van der Waals surface area contributed by atoms with E-state index in [-0.39, 0.29) is 31.4 Å². The molecule has 124 valence electrons. The van der Waals surface area contributed by atoms with Gasteiger partial charge in [-0.25, -0.2) is 0 Å². The molecular formula is C18H18N2O4. The van der Waals surface area contributed by atoms with E-state index >= 15 is 0 Å². The van der Waals surface area contributed by atoms with Gasteiger partial charge < -0.3 is 15.4 Å². The SMILES string of the molecule is O=CNCC(=O)Nc1ccc(CC(=O)OCc2ccccc2)cc1. The number of hydrogen-bond acceptors (Lipinski definition) is 4. The number of hydrogen-bond donors (Lipinski definition) is 2. The van der Waals surface area contributed by atoms with Crippen LogP contribution in [0, 0.1) is 0 Å². The van der Waals surface area contributed by atoms with Crippen molar-refractivity contribution < 1.29 is 19.1 Å². The fourth-order valence-electron chi connectivity index (χ4n) is 2.00. The second-order valence-electron chi connectivity index (χ2n) is 5.07. The molecule has 0 heterocycles. The average Bonchev–Trinajstić information content (AvgIpc) is 2.61. The van der Waals surface area contributed by atoms with Crippen LogP contribution < -0.4 is 10.6 Å². The van der Waals surface area contributed by atoms with Crippen LogP contribution in [0.25, 0.3) is 0 Å². The summed E-state index contributed by atoms with van der Waals surface area (Å²) in [6.07, 6.45) is 0.623. The van der Waals surface area contributed by atoms with E-state index in [4.69, 9.17) is 4.74 Å².